The van der Waals surface area contributed by atoms with Crippen LogP contribution in [-0.4, -0.2) is 19.1 Å². The van der Waals surface area contributed by atoms with E-state index in [1.165, 1.54) is 6.42 Å². The minimum atomic E-state index is -0.104. The highest BCUT2D eigenvalue weighted by Crippen LogP contribution is 2.19. The molecule has 3 N–H and O–H groups in total. The standard InChI is InChI=1S/C15H24N2O2/c1-12(2)7-5-6-10-17-15(18)11-19-14-9-4-3-8-13(14)16/h3-4,8-9,12H,5-7,10-11,16H2,1-2H3,(H,17,18). The predicted octanol–water partition coefficient (Wildman–Crippen LogP) is 2.59. The van der Waals surface area contributed by atoms with Crippen LogP contribution in [0.1, 0.15) is 33.1 Å². The van der Waals surface area contributed by atoms with E-state index in [1.54, 1.807) is 12.1 Å². The van der Waals surface area contributed by atoms with Gasteiger partial charge in [0.2, 0.25) is 0 Å². The molecule has 1 aromatic carbocycles. The quantitative estimate of drug-likeness (QED) is 0.560. The molecule has 0 aliphatic carbocycles. The Labute approximate surface area is 115 Å². The number of ether oxygens (including phenoxy) is 1. The number of nitrogens with two attached hydrogens (primary N) is 1. The van der Waals surface area contributed by atoms with Crippen molar-refractivity contribution >= 4 is 11.6 Å². The first-order valence-electron chi connectivity index (χ1n) is 6.83. The molecule has 0 aliphatic rings. The van der Waals surface area contributed by atoms with Crippen LogP contribution in [0.3, 0.4) is 0 Å². The van der Waals surface area contributed by atoms with Gasteiger partial charge < -0.3 is 15.8 Å². The van der Waals surface area contributed by atoms with Gasteiger partial charge in [0.15, 0.2) is 6.61 Å². The first-order valence-corrected chi connectivity index (χ1v) is 6.83. The van der Waals surface area contributed by atoms with Gasteiger partial charge in [-0.3, -0.25) is 4.79 Å². The number of rotatable bonds is 8. The number of hydrogen-bond donors (Lipinski definition) is 2. The van der Waals surface area contributed by atoms with E-state index in [4.69, 9.17) is 10.5 Å². The third-order valence-electron chi connectivity index (χ3n) is 2.81. The Bertz CT molecular complexity index is 391. The minimum absolute atomic E-state index is 0.0123. The Hall–Kier alpha value is -1.71. The van der Waals surface area contributed by atoms with Crippen LogP contribution in [0.2, 0.25) is 0 Å². The Balaban J connectivity index is 2.13. The van der Waals surface area contributed by atoms with Crippen LogP contribution in [0.25, 0.3) is 0 Å². The summed E-state index contributed by atoms with van der Waals surface area (Å²) in [5, 5.41) is 2.84. The molecule has 0 aliphatic heterocycles. The molecule has 0 aromatic heterocycles. The number of benzene rings is 1. The van der Waals surface area contributed by atoms with Gasteiger partial charge in [-0.15, -0.1) is 0 Å². The molecule has 0 atom stereocenters. The summed E-state index contributed by atoms with van der Waals surface area (Å²) in [5.41, 5.74) is 6.27. The third kappa shape index (κ3) is 6.70. The highest BCUT2D eigenvalue weighted by atomic mass is 16.5. The SMILES string of the molecule is CC(C)CCCCNC(=O)COc1ccccc1N. The Morgan fingerprint density at radius 3 is 2.74 bits per heavy atom. The zero-order valence-corrected chi connectivity index (χ0v) is 11.8. The number of nitrogens with one attached hydrogen (secondary N) is 1. The van der Waals surface area contributed by atoms with E-state index in [0.717, 1.165) is 18.8 Å². The number of para-hydroxylation sites is 2. The molecule has 0 unspecified atom stereocenters. The van der Waals surface area contributed by atoms with Gasteiger partial charge in [0, 0.05) is 6.54 Å². The van der Waals surface area contributed by atoms with Crippen molar-refractivity contribution in [2.75, 3.05) is 18.9 Å². The Morgan fingerprint density at radius 2 is 2.05 bits per heavy atom. The molecule has 4 heteroatoms. The summed E-state index contributed by atoms with van der Waals surface area (Å²) < 4.78 is 5.36. The molecule has 0 fully saturated rings. The fraction of sp³-hybridized carbons (Fsp3) is 0.533. The summed E-state index contributed by atoms with van der Waals surface area (Å²) in [5.74, 6) is 1.17. The second-order valence-corrected chi connectivity index (χ2v) is 5.07. The molecule has 19 heavy (non-hydrogen) atoms. The number of hydrogen-bond acceptors (Lipinski definition) is 3. The van der Waals surface area contributed by atoms with Gasteiger partial charge in [0.1, 0.15) is 5.75 Å². The lowest BCUT2D eigenvalue weighted by molar-refractivity contribution is -0.123. The lowest BCUT2D eigenvalue weighted by Crippen LogP contribution is -2.29. The minimum Gasteiger partial charge on any atom is -0.482 e. The molecule has 106 valence electrons. The normalized spacial score (nSPS) is 10.5. The molecule has 1 amide bonds. The van der Waals surface area contributed by atoms with Gasteiger partial charge in [-0.2, -0.15) is 0 Å². The van der Waals surface area contributed by atoms with E-state index in [1.807, 2.05) is 12.1 Å². The first-order chi connectivity index (χ1) is 9.09. The Morgan fingerprint density at radius 1 is 1.32 bits per heavy atom. The molecule has 0 bridgehead atoms. The predicted molar refractivity (Wildman–Crippen MR) is 78.0 cm³/mol. The molecule has 0 radical (unpaired) electrons. The van der Waals surface area contributed by atoms with Crippen molar-refractivity contribution in [1.82, 2.24) is 5.32 Å². The second-order valence-electron chi connectivity index (χ2n) is 5.07. The summed E-state index contributed by atoms with van der Waals surface area (Å²) in [6.07, 6.45) is 3.36. The highest BCUT2D eigenvalue weighted by Gasteiger charge is 2.04. The number of unbranched alkanes of at least 4 members (excludes halogenated alkanes) is 1. The maximum absolute atomic E-state index is 11.5. The van der Waals surface area contributed by atoms with Gasteiger partial charge in [0.25, 0.3) is 5.91 Å². The number of anilines is 1. The van der Waals surface area contributed by atoms with Crippen LogP contribution in [0.15, 0.2) is 24.3 Å². The van der Waals surface area contributed by atoms with Crippen LogP contribution in [0, 0.1) is 5.92 Å². The molecular formula is C15H24N2O2. The molecular weight excluding hydrogens is 240 g/mol. The maximum Gasteiger partial charge on any atom is 0.257 e. The van der Waals surface area contributed by atoms with Crippen LogP contribution in [-0.2, 0) is 4.79 Å². The van der Waals surface area contributed by atoms with Crippen LogP contribution in [0.5, 0.6) is 5.75 Å². The van der Waals surface area contributed by atoms with Gasteiger partial charge in [-0.05, 0) is 24.5 Å². The summed E-state index contributed by atoms with van der Waals surface area (Å²) in [4.78, 5) is 11.5. The van der Waals surface area contributed by atoms with E-state index < -0.39 is 0 Å². The fourth-order valence-electron chi connectivity index (χ4n) is 1.71. The zero-order valence-electron chi connectivity index (χ0n) is 11.8. The lowest BCUT2D eigenvalue weighted by atomic mass is 10.1. The molecule has 1 aromatic rings. The lowest BCUT2D eigenvalue weighted by Gasteiger charge is -2.09. The van der Waals surface area contributed by atoms with Crippen molar-refractivity contribution in [3.63, 3.8) is 0 Å². The topological polar surface area (TPSA) is 64.3 Å². The van der Waals surface area contributed by atoms with Crippen molar-refractivity contribution in [2.24, 2.45) is 5.92 Å². The fourth-order valence-corrected chi connectivity index (χ4v) is 1.71. The monoisotopic (exact) mass is 264 g/mol. The number of amides is 1. The van der Waals surface area contributed by atoms with E-state index in [0.29, 0.717) is 18.0 Å². The van der Waals surface area contributed by atoms with Gasteiger partial charge >= 0.3 is 0 Å². The summed E-state index contributed by atoms with van der Waals surface area (Å²) in [7, 11) is 0. The number of carbonyl (C=O) groups excluding carboxylic acids is 1. The van der Waals surface area contributed by atoms with Crippen LogP contribution < -0.4 is 15.8 Å². The third-order valence-corrected chi connectivity index (χ3v) is 2.81. The van der Waals surface area contributed by atoms with Crippen molar-refractivity contribution < 1.29 is 9.53 Å². The smallest absolute Gasteiger partial charge is 0.257 e. The molecule has 0 saturated heterocycles. The second kappa shape index (κ2) is 8.40. The highest BCUT2D eigenvalue weighted by molar-refractivity contribution is 5.77. The van der Waals surface area contributed by atoms with Gasteiger partial charge in [-0.1, -0.05) is 38.8 Å². The summed E-state index contributed by atoms with van der Waals surface area (Å²) in [6.45, 7) is 5.13. The molecule has 4 nitrogen and oxygen atoms in total. The summed E-state index contributed by atoms with van der Waals surface area (Å²) >= 11 is 0. The average molecular weight is 264 g/mol. The number of carbonyl (C=O) groups is 1. The Kier molecular flexibility index (Phi) is 6.79. The summed E-state index contributed by atoms with van der Waals surface area (Å²) in [6, 6.07) is 7.16. The van der Waals surface area contributed by atoms with E-state index in [-0.39, 0.29) is 12.5 Å². The first kappa shape index (κ1) is 15.3. The number of nitrogen functional groups attached to an aromatic ring is 1. The van der Waals surface area contributed by atoms with E-state index in [2.05, 4.69) is 19.2 Å². The maximum atomic E-state index is 11.5. The van der Waals surface area contributed by atoms with E-state index >= 15 is 0 Å². The van der Waals surface area contributed by atoms with Crippen molar-refractivity contribution in [2.45, 2.75) is 33.1 Å². The van der Waals surface area contributed by atoms with Gasteiger partial charge in [-0.25, -0.2) is 0 Å². The van der Waals surface area contributed by atoms with Crippen molar-refractivity contribution in [3.8, 4) is 5.75 Å². The van der Waals surface area contributed by atoms with Crippen molar-refractivity contribution in [3.05, 3.63) is 24.3 Å². The van der Waals surface area contributed by atoms with Crippen LogP contribution in [0.4, 0.5) is 5.69 Å². The zero-order chi connectivity index (χ0) is 14.1. The molecule has 0 spiro atoms. The molecule has 0 heterocycles. The van der Waals surface area contributed by atoms with E-state index in [9.17, 15) is 4.79 Å². The van der Waals surface area contributed by atoms with Crippen molar-refractivity contribution in [1.29, 1.82) is 0 Å². The average Bonchev–Trinajstić information content (AvgIpc) is 2.37. The molecule has 0 saturated carbocycles. The largest absolute Gasteiger partial charge is 0.482 e. The van der Waals surface area contributed by atoms with Gasteiger partial charge in [0.05, 0.1) is 5.69 Å². The van der Waals surface area contributed by atoms with Crippen LogP contribution >= 0.6 is 0 Å². The molecule has 1 rings (SSSR count).